The smallest absolute Gasteiger partial charge is 0.183 e. The molecule has 0 aromatic heterocycles. The summed E-state index contributed by atoms with van der Waals surface area (Å²) in [5, 5.41) is 0.216. The zero-order chi connectivity index (χ0) is 19.2. The van der Waals surface area contributed by atoms with Crippen LogP contribution in [-0.4, -0.2) is 0 Å². The maximum atomic E-state index is 14.8. The second-order valence-corrected chi connectivity index (χ2v) is 7.86. The molecule has 1 saturated carbocycles. The lowest BCUT2D eigenvalue weighted by Gasteiger charge is -2.27. The van der Waals surface area contributed by atoms with E-state index in [9.17, 15) is 4.39 Å². The normalized spacial score (nSPS) is 19.7. The third kappa shape index (κ3) is 4.93. The molecule has 27 heavy (non-hydrogen) atoms. The molecule has 1 aliphatic carbocycles. The number of rotatable bonds is 7. The van der Waals surface area contributed by atoms with Gasteiger partial charge in [0, 0.05) is 0 Å². The van der Waals surface area contributed by atoms with Crippen LogP contribution in [0, 0.1) is 11.7 Å². The molecule has 144 valence electrons. The monoisotopic (exact) mass is 386 g/mol. The van der Waals surface area contributed by atoms with Gasteiger partial charge in [-0.1, -0.05) is 61.4 Å². The summed E-state index contributed by atoms with van der Waals surface area (Å²) in [5.74, 6) is 0.684. The zero-order valence-electron chi connectivity index (χ0n) is 16.0. The Labute approximate surface area is 167 Å². The van der Waals surface area contributed by atoms with Crippen LogP contribution in [0.1, 0.15) is 61.6 Å². The van der Waals surface area contributed by atoms with Crippen LogP contribution in [0.2, 0.25) is 5.02 Å². The molecule has 0 atom stereocenters. The highest BCUT2D eigenvalue weighted by molar-refractivity contribution is 6.31. The van der Waals surface area contributed by atoms with Crippen molar-refractivity contribution in [3.8, 4) is 5.75 Å². The summed E-state index contributed by atoms with van der Waals surface area (Å²) in [6.07, 6.45) is 8.48. The van der Waals surface area contributed by atoms with Gasteiger partial charge in [0.05, 0.1) is 5.02 Å². The summed E-state index contributed by atoms with van der Waals surface area (Å²) >= 11 is 6.36. The lowest BCUT2D eigenvalue weighted by molar-refractivity contribution is 0.289. The highest BCUT2D eigenvalue weighted by atomic mass is 35.5. The van der Waals surface area contributed by atoms with E-state index in [1.807, 2.05) is 24.3 Å². The molecule has 3 heteroatoms. The summed E-state index contributed by atoms with van der Waals surface area (Å²) < 4.78 is 20.5. The molecule has 1 fully saturated rings. The highest BCUT2D eigenvalue weighted by Gasteiger charge is 2.24. The van der Waals surface area contributed by atoms with Gasteiger partial charge in [-0.3, -0.25) is 0 Å². The SMILES string of the molecule is C=CC1CCC(c2ccc(OCc3ccc(CCC)cc3)c(F)c2Cl)CC1. The third-order valence-corrected chi connectivity index (χ3v) is 5.96. The van der Waals surface area contributed by atoms with Crippen molar-refractivity contribution in [3.63, 3.8) is 0 Å². The van der Waals surface area contributed by atoms with Gasteiger partial charge in [-0.05, 0) is 66.7 Å². The van der Waals surface area contributed by atoms with E-state index in [1.54, 1.807) is 6.07 Å². The first kappa shape index (κ1) is 19.9. The van der Waals surface area contributed by atoms with E-state index in [0.717, 1.165) is 49.7 Å². The number of aryl methyl sites for hydroxylation is 1. The predicted molar refractivity (Wildman–Crippen MR) is 111 cm³/mol. The first-order valence-corrected chi connectivity index (χ1v) is 10.3. The number of halogens is 2. The van der Waals surface area contributed by atoms with E-state index < -0.39 is 5.82 Å². The van der Waals surface area contributed by atoms with Crippen LogP contribution in [0.5, 0.6) is 5.75 Å². The topological polar surface area (TPSA) is 9.23 Å². The van der Waals surface area contributed by atoms with Gasteiger partial charge in [-0.25, -0.2) is 4.39 Å². The molecule has 0 amide bonds. The average molecular weight is 387 g/mol. The van der Waals surface area contributed by atoms with Crippen molar-refractivity contribution >= 4 is 11.6 Å². The summed E-state index contributed by atoms with van der Waals surface area (Å²) in [6, 6.07) is 11.9. The van der Waals surface area contributed by atoms with Crippen LogP contribution >= 0.6 is 11.6 Å². The van der Waals surface area contributed by atoms with Gasteiger partial charge in [0.15, 0.2) is 11.6 Å². The molecule has 0 spiro atoms. The fourth-order valence-corrected chi connectivity index (χ4v) is 4.20. The first-order chi connectivity index (χ1) is 13.1. The van der Waals surface area contributed by atoms with Crippen molar-refractivity contribution in [1.29, 1.82) is 0 Å². The lowest BCUT2D eigenvalue weighted by atomic mass is 9.79. The fraction of sp³-hybridized carbons (Fsp3) is 0.417. The average Bonchev–Trinajstić information content (AvgIpc) is 2.71. The Morgan fingerprint density at radius 3 is 2.37 bits per heavy atom. The van der Waals surface area contributed by atoms with Crippen molar-refractivity contribution in [2.75, 3.05) is 0 Å². The molecule has 1 nitrogen and oxygen atoms in total. The number of ether oxygens (including phenoxy) is 1. The van der Waals surface area contributed by atoms with E-state index in [1.165, 1.54) is 5.56 Å². The third-order valence-electron chi connectivity index (χ3n) is 5.58. The minimum atomic E-state index is -0.442. The second kappa shape index (κ2) is 9.41. The van der Waals surface area contributed by atoms with Crippen molar-refractivity contribution < 1.29 is 9.13 Å². The molecule has 2 aromatic rings. The molecule has 0 saturated heterocycles. The molecular formula is C24H28ClFO. The minimum absolute atomic E-state index is 0.216. The van der Waals surface area contributed by atoms with Crippen molar-refractivity contribution in [1.82, 2.24) is 0 Å². The van der Waals surface area contributed by atoms with Gasteiger partial charge in [-0.2, -0.15) is 0 Å². The molecule has 3 rings (SSSR count). The molecule has 0 unspecified atom stereocenters. The maximum Gasteiger partial charge on any atom is 0.183 e. The highest BCUT2D eigenvalue weighted by Crippen LogP contribution is 2.41. The number of allylic oxidation sites excluding steroid dienone is 1. The summed E-state index contributed by atoms with van der Waals surface area (Å²) in [7, 11) is 0. The molecular weight excluding hydrogens is 359 g/mol. The second-order valence-electron chi connectivity index (χ2n) is 7.48. The van der Waals surface area contributed by atoms with Crippen molar-refractivity contribution in [2.24, 2.45) is 5.92 Å². The van der Waals surface area contributed by atoms with Crippen LogP contribution in [0.25, 0.3) is 0 Å². The summed E-state index contributed by atoms with van der Waals surface area (Å²) in [4.78, 5) is 0. The number of hydrogen-bond acceptors (Lipinski definition) is 1. The zero-order valence-corrected chi connectivity index (χ0v) is 16.8. The Bertz CT molecular complexity index is 761. The number of hydrogen-bond donors (Lipinski definition) is 0. The molecule has 0 aliphatic heterocycles. The molecule has 0 bridgehead atoms. The Hall–Kier alpha value is -1.80. The van der Waals surface area contributed by atoms with Crippen LogP contribution in [0.3, 0.4) is 0 Å². The van der Waals surface area contributed by atoms with E-state index in [4.69, 9.17) is 16.3 Å². The van der Waals surface area contributed by atoms with Gasteiger partial charge in [0.2, 0.25) is 0 Å². The Kier molecular flexibility index (Phi) is 6.95. The predicted octanol–water partition coefficient (Wildman–Crippen LogP) is 7.47. The lowest BCUT2D eigenvalue weighted by Crippen LogP contribution is -2.12. The quantitative estimate of drug-likeness (QED) is 0.448. The van der Waals surface area contributed by atoms with E-state index >= 15 is 0 Å². The van der Waals surface area contributed by atoms with Gasteiger partial charge in [-0.15, -0.1) is 6.58 Å². The van der Waals surface area contributed by atoms with Crippen LogP contribution in [-0.2, 0) is 13.0 Å². The molecule has 2 aromatic carbocycles. The van der Waals surface area contributed by atoms with Gasteiger partial charge < -0.3 is 4.74 Å². The van der Waals surface area contributed by atoms with E-state index in [-0.39, 0.29) is 10.8 Å². The standard InChI is InChI=1S/C24H28ClFO/c1-3-5-18-6-8-19(9-7-18)16-27-22-15-14-21(23(25)24(22)26)20-12-10-17(4-2)11-13-20/h4,6-9,14-15,17,20H,2-3,5,10-13,16H2,1H3. The van der Waals surface area contributed by atoms with E-state index in [2.05, 4.69) is 25.6 Å². The van der Waals surface area contributed by atoms with Gasteiger partial charge in [0.25, 0.3) is 0 Å². The molecule has 1 aliphatic rings. The van der Waals surface area contributed by atoms with Gasteiger partial charge >= 0.3 is 0 Å². The Balaban J connectivity index is 1.65. The largest absolute Gasteiger partial charge is 0.486 e. The van der Waals surface area contributed by atoms with Crippen molar-refractivity contribution in [2.45, 2.75) is 58.0 Å². The fourth-order valence-electron chi connectivity index (χ4n) is 3.89. The molecule has 0 heterocycles. The van der Waals surface area contributed by atoms with Crippen molar-refractivity contribution in [3.05, 3.63) is 76.6 Å². The summed E-state index contributed by atoms with van der Waals surface area (Å²) in [5.41, 5.74) is 3.25. The van der Waals surface area contributed by atoms with Gasteiger partial charge in [0.1, 0.15) is 6.61 Å². The Morgan fingerprint density at radius 2 is 1.74 bits per heavy atom. The molecule has 0 radical (unpaired) electrons. The minimum Gasteiger partial charge on any atom is -0.486 e. The molecule has 0 N–H and O–H groups in total. The number of benzene rings is 2. The maximum absolute atomic E-state index is 14.8. The van der Waals surface area contributed by atoms with E-state index in [0.29, 0.717) is 18.4 Å². The summed E-state index contributed by atoms with van der Waals surface area (Å²) in [6.45, 7) is 6.38. The first-order valence-electron chi connectivity index (χ1n) is 9.93. The van der Waals surface area contributed by atoms with Crippen LogP contribution in [0.15, 0.2) is 49.1 Å². The van der Waals surface area contributed by atoms with Crippen LogP contribution in [0.4, 0.5) is 4.39 Å². The Morgan fingerprint density at radius 1 is 1.07 bits per heavy atom. The van der Waals surface area contributed by atoms with Crippen LogP contribution < -0.4 is 4.74 Å².